The van der Waals surface area contributed by atoms with Gasteiger partial charge >= 0.3 is 0 Å². The van der Waals surface area contributed by atoms with E-state index in [1.807, 2.05) is 6.07 Å². The molecule has 0 spiro atoms. The third-order valence-corrected chi connectivity index (χ3v) is 4.42. The lowest BCUT2D eigenvalue weighted by Crippen LogP contribution is -2.41. The fraction of sp³-hybridized carbons (Fsp3) is 0.455. The van der Waals surface area contributed by atoms with Gasteiger partial charge in [0.25, 0.3) is 0 Å². The second-order valence-electron chi connectivity index (χ2n) is 4.41. The molecule has 65 valence electrons. The van der Waals surface area contributed by atoms with Gasteiger partial charge in [-0.15, -0.1) is 0 Å². The van der Waals surface area contributed by atoms with Gasteiger partial charge < -0.3 is 0 Å². The Hall–Kier alpha value is -0.563. The van der Waals surface area contributed by atoms with Gasteiger partial charge in [-0.1, -0.05) is 42.5 Å². The molecule has 1 aromatic carbocycles. The molecule has 0 bridgehead atoms. The van der Waals surface area contributed by atoms with Gasteiger partial charge in [0, 0.05) is 0 Å². The smallest absolute Gasteiger partial charge is 0.0656 e. The molecule has 12 heavy (non-hydrogen) atoms. The Labute approximate surface area is 76.6 Å². The standard InChI is InChI=1S/C11H17Si/c1-9-7-6-8-10(2)11(9)12(3,4)5/h6-7H,1-5H3. The van der Waals surface area contributed by atoms with Crippen LogP contribution < -0.4 is 5.19 Å². The van der Waals surface area contributed by atoms with Crippen molar-refractivity contribution in [2.45, 2.75) is 33.5 Å². The van der Waals surface area contributed by atoms with E-state index in [1.165, 1.54) is 11.1 Å². The first-order valence-electron chi connectivity index (χ1n) is 4.41. The largest absolute Gasteiger partial charge is 0.0783 e. The van der Waals surface area contributed by atoms with E-state index in [9.17, 15) is 0 Å². The zero-order valence-electron chi connectivity index (χ0n) is 8.65. The molecule has 0 aliphatic carbocycles. The lowest BCUT2D eigenvalue weighted by Gasteiger charge is -2.21. The summed E-state index contributed by atoms with van der Waals surface area (Å²) in [7, 11) is -1.15. The minimum Gasteiger partial charge on any atom is -0.0656 e. The highest BCUT2D eigenvalue weighted by Gasteiger charge is 2.20. The van der Waals surface area contributed by atoms with Crippen molar-refractivity contribution in [2.75, 3.05) is 0 Å². The van der Waals surface area contributed by atoms with Crippen LogP contribution in [0.5, 0.6) is 0 Å². The van der Waals surface area contributed by atoms with Crippen LogP contribution in [-0.4, -0.2) is 8.07 Å². The molecule has 0 atom stereocenters. The SMILES string of the molecule is Cc1[c]ccc(C)c1[Si](C)(C)C. The molecule has 0 N–H and O–H groups in total. The minimum absolute atomic E-state index is 1.15. The summed E-state index contributed by atoms with van der Waals surface area (Å²) in [6.07, 6.45) is 0. The van der Waals surface area contributed by atoms with Gasteiger partial charge in [0.2, 0.25) is 0 Å². The Morgan fingerprint density at radius 2 is 1.75 bits per heavy atom. The second-order valence-corrected chi connectivity index (χ2v) is 9.41. The maximum atomic E-state index is 3.28. The van der Waals surface area contributed by atoms with Crippen LogP contribution in [0.1, 0.15) is 11.1 Å². The van der Waals surface area contributed by atoms with Crippen LogP contribution in [0.3, 0.4) is 0 Å². The fourth-order valence-corrected chi connectivity index (χ4v) is 4.36. The van der Waals surface area contributed by atoms with Gasteiger partial charge in [-0.05, 0) is 25.5 Å². The summed E-state index contributed by atoms with van der Waals surface area (Å²) in [5.41, 5.74) is 2.78. The van der Waals surface area contributed by atoms with Crippen LogP contribution in [-0.2, 0) is 0 Å². The summed E-state index contributed by atoms with van der Waals surface area (Å²) in [6, 6.07) is 7.47. The van der Waals surface area contributed by atoms with Gasteiger partial charge in [-0.25, -0.2) is 0 Å². The van der Waals surface area contributed by atoms with Gasteiger partial charge in [0.05, 0.1) is 8.07 Å². The van der Waals surface area contributed by atoms with Crippen molar-refractivity contribution in [1.82, 2.24) is 0 Å². The Bertz CT molecular complexity index is 261. The molecule has 0 aliphatic rings. The molecular formula is C11H17Si. The maximum absolute atomic E-state index is 3.28. The van der Waals surface area contributed by atoms with Crippen molar-refractivity contribution in [2.24, 2.45) is 0 Å². The van der Waals surface area contributed by atoms with Crippen molar-refractivity contribution < 1.29 is 0 Å². The quantitative estimate of drug-likeness (QED) is 0.579. The summed E-state index contributed by atoms with van der Waals surface area (Å²) < 4.78 is 0. The Kier molecular flexibility index (Phi) is 2.43. The predicted octanol–water partition coefficient (Wildman–Crippen LogP) is 2.65. The van der Waals surface area contributed by atoms with E-state index in [0.29, 0.717) is 0 Å². The van der Waals surface area contributed by atoms with E-state index in [4.69, 9.17) is 0 Å². The lowest BCUT2D eigenvalue weighted by atomic mass is 10.2. The molecule has 0 saturated heterocycles. The van der Waals surface area contributed by atoms with Gasteiger partial charge in [0.1, 0.15) is 0 Å². The Morgan fingerprint density at radius 3 is 2.08 bits per heavy atom. The molecule has 0 amide bonds. The molecule has 1 radical (unpaired) electrons. The molecule has 0 nitrogen and oxygen atoms in total. The molecule has 0 saturated carbocycles. The Morgan fingerprint density at radius 1 is 1.17 bits per heavy atom. The third kappa shape index (κ3) is 1.78. The average molecular weight is 177 g/mol. The summed E-state index contributed by atoms with van der Waals surface area (Å²) in [4.78, 5) is 0. The molecule has 0 aliphatic heterocycles. The molecule has 1 aromatic rings. The first-order chi connectivity index (χ1) is 5.43. The number of aryl methyl sites for hydroxylation is 2. The molecule has 1 rings (SSSR count). The predicted molar refractivity (Wildman–Crippen MR) is 57.7 cm³/mol. The first kappa shape index (κ1) is 9.52. The van der Waals surface area contributed by atoms with E-state index in [1.54, 1.807) is 5.19 Å². The Balaban J connectivity index is 3.31. The van der Waals surface area contributed by atoms with Crippen molar-refractivity contribution in [3.8, 4) is 0 Å². The normalized spacial score (nSPS) is 11.8. The number of hydrogen-bond donors (Lipinski definition) is 0. The number of benzene rings is 1. The minimum atomic E-state index is -1.15. The molecule has 0 unspecified atom stereocenters. The van der Waals surface area contributed by atoms with E-state index >= 15 is 0 Å². The van der Waals surface area contributed by atoms with E-state index in [0.717, 1.165) is 0 Å². The van der Waals surface area contributed by atoms with Crippen LogP contribution in [0.15, 0.2) is 12.1 Å². The molecule has 0 heterocycles. The molecule has 0 fully saturated rings. The molecule has 1 heteroatoms. The van der Waals surface area contributed by atoms with E-state index < -0.39 is 8.07 Å². The van der Waals surface area contributed by atoms with Gasteiger partial charge in [-0.3, -0.25) is 0 Å². The summed E-state index contributed by atoms with van der Waals surface area (Å²) in [5, 5.41) is 1.57. The van der Waals surface area contributed by atoms with Crippen molar-refractivity contribution in [3.63, 3.8) is 0 Å². The van der Waals surface area contributed by atoms with E-state index in [2.05, 4.69) is 45.6 Å². The number of rotatable bonds is 1. The molecular weight excluding hydrogens is 160 g/mol. The molecule has 0 aromatic heterocycles. The van der Waals surface area contributed by atoms with Crippen LogP contribution in [0.2, 0.25) is 19.6 Å². The van der Waals surface area contributed by atoms with Gasteiger partial charge in [0.15, 0.2) is 0 Å². The lowest BCUT2D eigenvalue weighted by molar-refractivity contribution is 1.40. The second kappa shape index (κ2) is 3.06. The average Bonchev–Trinajstić information content (AvgIpc) is 1.82. The zero-order valence-corrected chi connectivity index (χ0v) is 9.65. The number of hydrogen-bond acceptors (Lipinski definition) is 0. The van der Waals surface area contributed by atoms with Crippen molar-refractivity contribution >= 4 is 13.3 Å². The highest BCUT2D eigenvalue weighted by atomic mass is 28.3. The highest BCUT2D eigenvalue weighted by molar-refractivity contribution is 6.89. The van der Waals surface area contributed by atoms with Gasteiger partial charge in [-0.2, -0.15) is 0 Å². The maximum Gasteiger partial charge on any atom is 0.0783 e. The monoisotopic (exact) mass is 177 g/mol. The summed E-state index contributed by atoms with van der Waals surface area (Å²) in [6.45, 7) is 11.5. The third-order valence-electron chi connectivity index (χ3n) is 2.15. The summed E-state index contributed by atoms with van der Waals surface area (Å²) >= 11 is 0. The van der Waals surface area contributed by atoms with E-state index in [-0.39, 0.29) is 0 Å². The van der Waals surface area contributed by atoms with Crippen LogP contribution >= 0.6 is 0 Å². The topological polar surface area (TPSA) is 0 Å². The van der Waals surface area contributed by atoms with Crippen LogP contribution in [0.4, 0.5) is 0 Å². The van der Waals surface area contributed by atoms with Crippen molar-refractivity contribution in [1.29, 1.82) is 0 Å². The highest BCUT2D eigenvalue weighted by Crippen LogP contribution is 2.09. The summed E-state index contributed by atoms with van der Waals surface area (Å²) in [5.74, 6) is 0. The zero-order chi connectivity index (χ0) is 9.35. The van der Waals surface area contributed by atoms with Crippen LogP contribution in [0, 0.1) is 19.9 Å². The first-order valence-corrected chi connectivity index (χ1v) is 7.91. The van der Waals surface area contributed by atoms with Crippen molar-refractivity contribution in [3.05, 3.63) is 29.3 Å². The fourth-order valence-electron chi connectivity index (χ4n) is 1.90. The van der Waals surface area contributed by atoms with Crippen LogP contribution in [0.25, 0.3) is 0 Å².